The van der Waals surface area contributed by atoms with E-state index in [2.05, 4.69) is 0 Å². The maximum Gasteiger partial charge on any atom is 0.415 e. The van der Waals surface area contributed by atoms with Gasteiger partial charge in [0.05, 0.1) is 7.11 Å². The molecule has 0 aromatic carbocycles. The lowest BCUT2D eigenvalue weighted by Gasteiger charge is -2.44. The summed E-state index contributed by atoms with van der Waals surface area (Å²) in [6.07, 6.45) is 2.04. The number of hydrogen-bond acceptors (Lipinski definition) is 3. The Morgan fingerprint density at radius 1 is 1.44 bits per heavy atom. The van der Waals surface area contributed by atoms with Crippen molar-refractivity contribution in [2.24, 2.45) is 5.41 Å². The number of nitrogens with zero attached hydrogens (tertiary/aromatic N) is 2. The number of carbonyl (C=O) groups excluding carboxylic acids is 2. The van der Waals surface area contributed by atoms with E-state index in [1.165, 1.54) is 29.2 Å². The molecule has 2 amide bonds. The molecule has 1 aliphatic heterocycles. The van der Waals surface area contributed by atoms with Gasteiger partial charge in [0.2, 0.25) is 5.91 Å². The number of amides is 2. The molecule has 0 bridgehead atoms. The highest BCUT2D eigenvalue weighted by atomic mass is 16.5. The Morgan fingerprint density at radius 3 is 2.44 bits per heavy atom. The van der Waals surface area contributed by atoms with Gasteiger partial charge in [0, 0.05) is 24.7 Å². The molecule has 0 radical (unpaired) electrons. The van der Waals surface area contributed by atoms with Gasteiger partial charge in [0.1, 0.15) is 6.17 Å². The first kappa shape index (κ1) is 12.5. The van der Waals surface area contributed by atoms with Crippen LogP contribution in [0.1, 0.15) is 20.8 Å². The number of carbonyl (C=O) groups is 2. The lowest BCUT2D eigenvalue weighted by atomic mass is 9.89. The second kappa shape index (κ2) is 4.15. The molecule has 16 heavy (non-hydrogen) atoms. The number of ether oxygens (including phenoxy) is 1. The smallest absolute Gasteiger partial charge is 0.415 e. The predicted molar refractivity (Wildman–Crippen MR) is 59.4 cm³/mol. The number of likely N-dealkylation sites (N-methyl/N-ethyl adjacent to an activating group) is 1. The zero-order chi connectivity index (χ0) is 12.5. The maximum atomic E-state index is 11.6. The van der Waals surface area contributed by atoms with Gasteiger partial charge >= 0.3 is 6.09 Å². The Kier molecular flexibility index (Phi) is 3.26. The monoisotopic (exact) mass is 226 g/mol. The van der Waals surface area contributed by atoms with Crippen molar-refractivity contribution in [3.63, 3.8) is 0 Å². The molecule has 0 unspecified atom stereocenters. The molecule has 0 saturated carbocycles. The van der Waals surface area contributed by atoms with Crippen LogP contribution in [0.2, 0.25) is 0 Å². The molecule has 0 N–H and O–H groups in total. The summed E-state index contributed by atoms with van der Waals surface area (Å²) in [6.45, 7) is 5.91. The van der Waals surface area contributed by atoms with Crippen LogP contribution in [0.4, 0.5) is 4.79 Å². The molecule has 1 aliphatic rings. The summed E-state index contributed by atoms with van der Waals surface area (Å²) in [5, 5.41) is 0. The van der Waals surface area contributed by atoms with Crippen LogP contribution >= 0.6 is 0 Å². The van der Waals surface area contributed by atoms with Crippen molar-refractivity contribution >= 4 is 12.0 Å². The zero-order valence-corrected chi connectivity index (χ0v) is 10.4. The van der Waals surface area contributed by atoms with Gasteiger partial charge in [-0.1, -0.05) is 20.8 Å². The summed E-state index contributed by atoms with van der Waals surface area (Å²) >= 11 is 0. The Morgan fingerprint density at radius 2 is 2.00 bits per heavy atom. The first-order valence-corrected chi connectivity index (χ1v) is 5.10. The van der Waals surface area contributed by atoms with E-state index in [0.717, 1.165) is 0 Å². The Labute approximate surface area is 95.6 Å². The zero-order valence-electron chi connectivity index (χ0n) is 10.4. The normalized spacial score (nSPS) is 21.3. The van der Waals surface area contributed by atoms with Gasteiger partial charge in [0.15, 0.2) is 0 Å². The quantitative estimate of drug-likeness (QED) is 0.627. The maximum absolute atomic E-state index is 11.6. The fourth-order valence-corrected chi connectivity index (χ4v) is 1.91. The van der Waals surface area contributed by atoms with Crippen molar-refractivity contribution in [3.8, 4) is 0 Å². The summed E-state index contributed by atoms with van der Waals surface area (Å²) in [7, 11) is 3.00. The van der Waals surface area contributed by atoms with E-state index >= 15 is 0 Å². The molecule has 1 atom stereocenters. The van der Waals surface area contributed by atoms with E-state index in [4.69, 9.17) is 4.74 Å². The van der Waals surface area contributed by atoms with Crippen LogP contribution in [-0.4, -0.2) is 42.1 Å². The van der Waals surface area contributed by atoms with Crippen LogP contribution < -0.4 is 0 Å². The largest absolute Gasteiger partial charge is 0.452 e. The summed E-state index contributed by atoms with van der Waals surface area (Å²) in [6, 6.07) is 0. The van der Waals surface area contributed by atoms with E-state index < -0.39 is 6.09 Å². The Hall–Kier alpha value is -1.52. The minimum Gasteiger partial charge on any atom is -0.452 e. The molecule has 1 rings (SSSR count). The van der Waals surface area contributed by atoms with Gasteiger partial charge in [-0.3, -0.25) is 9.69 Å². The molecule has 0 saturated heterocycles. The molecule has 5 heteroatoms. The third kappa shape index (κ3) is 2.18. The second-order valence-electron chi connectivity index (χ2n) is 4.88. The predicted octanol–water partition coefficient (Wildman–Crippen LogP) is 1.41. The molecule has 0 spiro atoms. The van der Waals surface area contributed by atoms with E-state index in [0.29, 0.717) is 0 Å². The van der Waals surface area contributed by atoms with Crippen LogP contribution in [0, 0.1) is 5.41 Å². The molecule has 0 fully saturated rings. The highest BCUT2D eigenvalue weighted by Crippen LogP contribution is 2.29. The van der Waals surface area contributed by atoms with E-state index in [1.54, 1.807) is 7.05 Å². The van der Waals surface area contributed by atoms with Crippen LogP contribution in [0.5, 0.6) is 0 Å². The highest BCUT2D eigenvalue weighted by molar-refractivity contribution is 5.89. The van der Waals surface area contributed by atoms with Crippen LogP contribution in [0.3, 0.4) is 0 Å². The van der Waals surface area contributed by atoms with Crippen molar-refractivity contribution < 1.29 is 14.3 Å². The Bertz CT molecular complexity index is 331. The van der Waals surface area contributed by atoms with Crippen LogP contribution in [0.25, 0.3) is 0 Å². The lowest BCUT2D eigenvalue weighted by Crippen LogP contribution is -2.57. The fraction of sp³-hybridized carbons (Fsp3) is 0.636. The van der Waals surface area contributed by atoms with E-state index in [9.17, 15) is 9.59 Å². The van der Waals surface area contributed by atoms with Gasteiger partial charge < -0.3 is 9.64 Å². The standard InChI is InChI=1S/C11H18N2O3/c1-11(2,3)9-12(4)8(14)6-7-13(9)10(15)16-5/h6-7,9H,1-5H3/t9-/m0/s1. The van der Waals surface area contributed by atoms with Crippen molar-refractivity contribution in [2.75, 3.05) is 14.2 Å². The van der Waals surface area contributed by atoms with Crippen LogP contribution in [0.15, 0.2) is 12.3 Å². The third-order valence-electron chi connectivity index (χ3n) is 2.52. The van der Waals surface area contributed by atoms with Gasteiger partial charge in [-0.2, -0.15) is 0 Å². The molecule has 0 aliphatic carbocycles. The van der Waals surface area contributed by atoms with Crippen molar-refractivity contribution in [3.05, 3.63) is 12.3 Å². The molecule has 0 aromatic rings. The van der Waals surface area contributed by atoms with Gasteiger partial charge in [-0.15, -0.1) is 0 Å². The molecule has 5 nitrogen and oxygen atoms in total. The van der Waals surface area contributed by atoms with E-state index in [1.807, 2.05) is 20.8 Å². The first-order valence-electron chi connectivity index (χ1n) is 5.10. The molecule has 1 heterocycles. The molecule has 0 aromatic heterocycles. The average molecular weight is 226 g/mol. The van der Waals surface area contributed by atoms with Crippen molar-refractivity contribution in [2.45, 2.75) is 26.9 Å². The average Bonchev–Trinajstić information content (AvgIpc) is 2.18. The van der Waals surface area contributed by atoms with Crippen molar-refractivity contribution in [1.82, 2.24) is 9.80 Å². The number of methoxy groups -OCH3 is 1. The summed E-state index contributed by atoms with van der Waals surface area (Å²) in [5.74, 6) is -0.111. The molecule has 90 valence electrons. The van der Waals surface area contributed by atoms with Crippen LogP contribution in [-0.2, 0) is 9.53 Å². The summed E-state index contributed by atoms with van der Waals surface area (Å²) in [4.78, 5) is 26.1. The highest BCUT2D eigenvalue weighted by Gasteiger charge is 2.39. The van der Waals surface area contributed by atoms with Gasteiger partial charge in [-0.25, -0.2) is 4.79 Å². The number of rotatable bonds is 0. The topological polar surface area (TPSA) is 49.9 Å². The minimum absolute atomic E-state index is 0.111. The van der Waals surface area contributed by atoms with E-state index in [-0.39, 0.29) is 17.5 Å². The van der Waals surface area contributed by atoms with Gasteiger partial charge in [-0.05, 0) is 0 Å². The number of hydrogen-bond donors (Lipinski definition) is 0. The van der Waals surface area contributed by atoms with Gasteiger partial charge in [0.25, 0.3) is 0 Å². The lowest BCUT2D eigenvalue weighted by molar-refractivity contribution is -0.134. The van der Waals surface area contributed by atoms with Crippen molar-refractivity contribution in [1.29, 1.82) is 0 Å². The SMILES string of the molecule is COC(=O)N1C=CC(=O)N(C)[C@@H]1C(C)(C)C. The summed E-state index contributed by atoms with van der Waals surface area (Å²) in [5.41, 5.74) is -0.247. The summed E-state index contributed by atoms with van der Waals surface area (Å²) < 4.78 is 4.70. The first-order chi connectivity index (χ1) is 7.29. The fourth-order valence-electron chi connectivity index (χ4n) is 1.91. The minimum atomic E-state index is -0.462. The Balaban J connectivity index is 3.10. The second-order valence-corrected chi connectivity index (χ2v) is 4.88. The molecular weight excluding hydrogens is 208 g/mol. The third-order valence-corrected chi connectivity index (χ3v) is 2.52. The molecular formula is C11H18N2O3.